The molecule has 29 heavy (non-hydrogen) atoms. The van der Waals surface area contributed by atoms with Gasteiger partial charge in [-0.3, -0.25) is 9.59 Å². The number of benzene rings is 1. The fraction of sp³-hybridized carbons (Fsp3) is 0.316. The van der Waals surface area contributed by atoms with E-state index < -0.39 is 29.2 Å². The maximum atomic E-state index is 12.5. The van der Waals surface area contributed by atoms with Crippen LogP contribution in [0.25, 0.3) is 0 Å². The van der Waals surface area contributed by atoms with Gasteiger partial charge in [0.25, 0.3) is 5.91 Å². The van der Waals surface area contributed by atoms with E-state index in [0.717, 1.165) is 0 Å². The summed E-state index contributed by atoms with van der Waals surface area (Å²) < 4.78 is 10.5. The SMILES string of the molecule is CCCN(CC(=O)Nc1ccccc1OC)C(=O)COc1cccnc1[N+](=O)[O-]. The number of nitrogens with zero attached hydrogens (tertiary/aromatic N) is 3. The summed E-state index contributed by atoms with van der Waals surface area (Å²) in [4.78, 5) is 40.1. The lowest BCUT2D eigenvalue weighted by Gasteiger charge is -2.22. The normalized spacial score (nSPS) is 10.1. The second-order valence-corrected chi connectivity index (χ2v) is 5.93. The Hall–Kier alpha value is -3.69. The average Bonchev–Trinajstić information content (AvgIpc) is 2.72. The largest absolute Gasteiger partial charge is 0.495 e. The summed E-state index contributed by atoms with van der Waals surface area (Å²) in [6.07, 6.45) is 1.89. The molecule has 1 heterocycles. The van der Waals surface area contributed by atoms with Crippen LogP contribution in [0.1, 0.15) is 13.3 Å². The summed E-state index contributed by atoms with van der Waals surface area (Å²) in [6, 6.07) is 9.75. The summed E-state index contributed by atoms with van der Waals surface area (Å²) in [7, 11) is 1.49. The monoisotopic (exact) mass is 402 g/mol. The lowest BCUT2D eigenvalue weighted by atomic mass is 10.3. The van der Waals surface area contributed by atoms with Crippen LogP contribution in [0.3, 0.4) is 0 Å². The van der Waals surface area contributed by atoms with E-state index in [1.807, 2.05) is 6.92 Å². The van der Waals surface area contributed by atoms with Gasteiger partial charge in [0.05, 0.1) is 19.3 Å². The molecule has 0 spiro atoms. The van der Waals surface area contributed by atoms with E-state index in [9.17, 15) is 19.7 Å². The zero-order chi connectivity index (χ0) is 21.2. The third-order valence-electron chi connectivity index (χ3n) is 3.84. The molecule has 2 aromatic rings. The van der Waals surface area contributed by atoms with Gasteiger partial charge in [-0.25, -0.2) is 0 Å². The number of aromatic nitrogens is 1. The molecule has 10 nitrogen and oxygen atoms in total. The minimum atomic E-state index is -0.690. The third kappa shape index (κ3) is 6.16. The highest BCUT2D eigenvalue weighted by Crippen LogP contribution is 2.24. The highest BCUT2D eigenvalue weighted by Gasteiger charge is 2.21. The number of hydrogen-bond donors (Lipinski definition) is 1. The van der Waals surface area contributed by atoms with E-state index in [-0.39, 0.29) is 12.3 Å². The number of rotatable bonds is 10. The van der Waals surface area contributed by atoms with Gasteiger partial charge in [0, 0.05) is 6.54 Å². The molecule has 0 bridgehead atoms. The lowest BCUT2D eigenvalue weighted by molar-refractivity contribution is -0.390. The van der Waals surface area contributed by atoms with Crippen LogP contribution >= 0.6 is 0 Å². The van der Waals surface area contributed by atoms with Crippen LogP contribution in [-0.2, 0) is 9.59 Å². The number of carbonyl (C=O) groups excluding carboxylic acids is 2. The van der Waals surface area contributed by atoms with Gasteiger partial charge in [-0.05, 0) is 40.6 Å². The zero-order valence-electron chi connectivity index (χ0n) is 16.2. The number of nitro groups is 1. The molecule has 10 heteroatoms. The number of methoxy groups -OCH3 is 1. The van der Waals surface area contributed by atoms with E-state index in [4.69, 9.17) is 9.47 Å². The number of ether oxygens (including phenoxy) is 2. The van der Waals surface area contributed by atoms with Crippen LogP contribution < -0.4 is 14.8 Å². The highest BCUT2D eigenvalue weighted by molar-refractivity contribution is 5.95. The fourth-order valence-corrected chi connectivity index (χ4v) is 2.54. The average molecular weight is 402 g/mol. The van der Waals surface area contributed by atoms with E-state index >= 15 is 0 Å². The second-order valence-electron chi connectivity index (χ2n) is 5.93. The molecule has 0 aliphatic carbocycles. The van der Waals surface area contributed by atoms with E-state index in [0.29, 0.717) is 24.4 Å². The summed E-state index contributed by atoms with van der Waals surface area (Å²) in [5, 5.41) is 13.7. The first-order valence-corrected chi connectivity index (χ1v) is 8.89. The van der Waals surface area contributed by atoms with Crippen molar-refractivity contribution in [1.29, 1.82) is 0 Å². The number of amides is 2. The molecular weight excluding hydrogens is 380 g/mol. The van der Waals surface area contributed by atoms with Gasteiger partial charge in [0.2, 0.25) is 11.7 Å². The van der Waals surface area contributed by atoms with Gasteiger partial charge in [0.1, 0.15) is 11.9 Å². The molecule has 0 unspecified atom stereocenters. The Morgan fingerprint density at radius 2 is 1.93 bits per heavy atom. The Kier molecular flexibility index (Phi) is 7.89. The minimum absolute atomic E-state index is 0.110. The topological polar surface area (TPSA) is 124 Å². The van der Waals surface area contributed by atoms with Crippen LogP contribution in [0.2, 0.25) is 0 Å². The predicted molar refractivity (Wildman–Crippen MR) is 105 cm³/mol. The second kappa shape index (κ2) is 10.6. The van der Waals surface area contributed by atoms with Crippen LogP contribution in [0.15, 0.2) is 42.6 Å². The molecule has 1 aromatic carbocycles. The van der Waals surface area contributed by atoms with Crippen LogP contribution in [0.5, 0.6) is 11.5 Å². The van der Waals surface area contributed by atoms with Crippen molar-refractivity contribution in [2.45, 2.75) is 13.3 Å². The molecule has 2 amide bonds. The first kappa shape index (κ1) is 21.6. The molecule has 0 fully saturated rings. The maximum absolute atomic E-state index is 12.5. The lowest BCUT2D eigenvalue weighted by Crippen LogP contribution is -2.41. The highest BCUT2D eigenvalue weighted by atomic mass is 16.6. The zero-order valence-corrected chi connectivity index (χ0v) is 16.2. The Bertz CT molecular complexity index is 873. The Balaban J connectivity index is 2.00. The Morgan fingerprint density at radius 3 is 2.62 bits per heavy atom. The number of para-hydroxylation sites is 2. The molecular formula is C19H22N4O6. The van der Waals surface area contributed by atoms with Gasteiger partial charge in [-0.1, -0.05) is 19.1 Å². The number of hydrogen-bond acceptors (Lipinski definition) is 7. The molecule has 0 saturated carbocycles. The van der Waals surface area contributed by atoms with Crippen molar-refractivity contribution < 1.29 is 24.0 Å². The molecule has 154 valence electrons. The summed E-state index contributed by atoms with van der Waals surface area (Å²) in [5.74, 6) is -0.956. The van der Waals surface area contributed by atoms with Crippen molar-refractivity contribution >= 4 is 23.3 Å². The standard InChI is InChI=1S/C19H22N4O6/c1-3-11-22(12-17(24)21-14-7-4-5-8-15(14)28-2)18(25)13-29-16-9-6-10-20-19(16)23(26)27/h4-10H,3,11-13H2,1-2H3,(H,21,24). The van der Waals surface area contributed by atoms with Crippen molar-refractivity contribution in [3.8, 4) is 11.5 Å². The molecule has 0 aliphatic heterocycles. The van der Waals surface area contributed by atoms with Crippen molar-refractivity contribution in [2.75, 3.05) is 32.1 Å². The van der Waals surface area contributed by atoms with Crippen molar-refractivity contribution in [2.24, 2.45) is 0 Å². The number of carbonyl (C=O) groups is 2. The van der Waals surface area contributed by atoms with Crippen molar-refractivity contribution in [3.63, 3.8) is 0 Å². The molecule has 1 N–H and O–H groups in total. The first-order chi connectivity index (χ1) is 14.0. The fourth-order valence-electron chi connectivity index (χ4n) is 2.54. The van der Waals surface area contributed by atoms with Crippen LogP contribution in [0, 0.1) is 10.1 Å². The van der Waals surface area contributed by atoms with Crippen molar-refractivity contribution in [1.82, 2.24) is 9.88 Å². The van der Waals surface area contributed by atoms with Crippen LogP contribution in [-0.4, -0.2) is 53.4 Å². The van der Waals surface area contributed by atoms with E-state index in [1.54, 1.807) is 24.3 Å². The first-order valence-electron chi connectivity index (χ1n) is 8.89. The van der Waals surface area contributed by atoms with Gasteiger partial charge in [0.15, 0.2) is 6.61 Å². The Labute approximate surface area is 167 Å². The molecule has 0 atom stereocenters. The van der Waals surface area contributed by atoms with Gasteiger partial charge in [-0.15, -0.1) is 0 Å². The third-order valence-corrected chi connectivity index (χ3v) is 3.84. The van der Waals surface area contributed by atoms with Gasteiger partial charge < -0.3 is 29.8 Å². The Morgan fingerprint density at radius 1 is 1.21 bits per heavy atom. The summed E-state index contributed by atoms with van der Waals surface area (Å²) in [5.41, 5.74) is 0.492. The van der Waals surface area contributed by atoms with E-state index in [2.05, 4.69) is 10.3 Å². The molecule has 1 aromatic heterocycles. The number of nitrogens with one attached hydrogen (secondary N) is 1. The minimum Gasteiger partial charge on any atom is -0.495 e. The van der Waals surface area contributed by atoms with Crippen LogP contribution in [0.4, 0.5) is 11.5 Å². The number of anilines is 1. The predicted octanol–water partition coefficient (Wildman–Crippen LogP) is 2.25. The maximum Gasteiger partial charge on any atom is 0.406 e. The van der Waals surface area contributed by atoms with Gasteiger partial charge >= 0.3 is 5.82 Å². The molecule has 2 rings (SSSR count). The van der Waals surface area contributed by atoms with Crippen molar-refractivity contribution in [3.05, 3.63) is 52.7 Å². The number of pyridine rings is 1. The molecule has 0 radical (unpaired) electrons. The quantitative estimate of drug-likeness (QED) is 0.477. The molecule has 0 aliphatic rings. The van der Waals surface area contributed by atoms with Gasteiger partial charge in [-0.2, -0.15) is 0 Å². The smallest absolute Gasteiger partial charge is 0.406 e. The molecule has 0 saturated heterocycles. The van der Waals surface area contributed by atoms with E-state index in [1.165, 1.54) is 30.3 Å². The summed E-state index contributed by atoms with van der Waals surface area (Å²) in [6.45, 7) is 1.56. The summed E-state index contributed by atoms with van der Waals surface area (Å²) >= 11 is 0.